The van der Waals surface area contributed by atoms with Gasteiger partial charge >= 0.3 is 0 Å². The van der Waals surface area contributed by atoms with Crippen LogP contribution in [0.15, 0.2) is 48.5 Å². The average molecular weight is 435 g/mol. The molecule has 9 heteroatoms. The van der Waals surface area contributed by atoms with E-state index >= 15 is 0 Å². The van der Waals surface area contributed by atoms with Crippen molar-refractivity contribution in [1.29, 1.82) is 0 Å². The van der Waals surface area contributed by atoms with Crippen LogP contribution in [0.1, 0.15) is 47.9 Å². The van der Waals surface area contributed by atoms with Gasteiger partial charge in [-0.05, 0) is 61.7 Å². The molecule has 0 spiro atoms. The molecule has 3 aromatic rings. The first-order valence-corrected chi connectivity index (χ1v) is 10.3. The van der Waals surface area contributed by atoms with Gasteiger partial charge in [0.25, 0.3) is 5.91 Å². The molecule has 1 aromatic heterocycles. The predicted molar refractivity (Wildman–Crippen MR) is 115 cm³/mol. The lowest BCUT2D eigenvalue weighted by molar-refractivity contribution is -0.138. The smallest absolute Gasteiger partial charge is 0.278 e. The minimum atomic E-state index is -0.759. The van der Waals surface area contributed by atoms with E-state index in [-0.39, 0.29) is 23.3 Å². The van der Waals surface area contributed by atoms with Crippen LogP contribution >= 0.6 is 0 Å². The fraction of sp³-hybridized carbons (Fsp3) is 0.261. The van der Waals surface area contributed by atoms with Gasteiger partial charge < -0.3 is 5.32 Å². The molecule has 2 aromatic carbocycles. The summed E-state index contributed by atoms with van der Waals surface area (Å²) in [4.78, 5) is 36.8. The lowest BCUT2D eigenvalue weighted by Crippen LogP contribution is -2.51. The van der Waals surface area contributed by atoms with Gasteiger partial charge in [-0.1, -0.05) is 24.3 Å². The van der Waals surface area contributed by atoms with Crippen LogP contribution in [0, 0.1) is 12.7 Å². The van der Waals surface area contributed by atoms with E-state index < -0.39 is 11.3 Å². The molecule has 1 aliphatic rings. The summed E-state index contributed by atoms with van der Waals surface area (Å²) in [5, 5.41) is 13.2. The molecule has 1 unspecified atom stereocenters. The molecule has 1 saturated heterocycles. The number of halogens is 1. The third-order valence-electron chi connectivity index (χ3n) is 5.95. The first-order valence-electron chi connectivity index (χ1n) is 10.3. The quantitative estimate of drug-likeness (QED) is 0.599. The molecule has 0 radical (unpaired) electrons. The average Bonchev–Trinajstić information content (AvgIpc) is 3.17. The second-order valence-electron chi connectivity index (χ2n) is 7.76. The van der Waals surface area contributed by atoms with Gasteiger partial charge in [-0.15, -0.1) is 5.10 Å². The maximum absolute atomic E-state index is 13.2. The van der Waals surface area contributed by atoms with E-state index in [0.29, 0.717) is 36.3 Å². The number of carbonyl (C=O) groups is 3. The summed E-state index contributed by atoms with van der Waals surface area (Å²) >= 11 is 0. The van der Waals surface area contributed by atoms with Gasteiger partial charge in [-0.25, -0.2) is 9.07 Å². The highest BCUT2D eigenvalue weighted by atomic mass is 19.1. The van der Waals surface area contributed by atoms with E-state index in [0.717, 1.165) is 5.56 Å². The Balaban J connectivity index is 1.52. The predicted octanol–water partition coefficient (Wildman–Crippen LogP) is 3.05. The van der Waals surface area contributed by atoms with Crippen molar-refractivity contribution in [2.45, 2.75) is 38.5 Å². The zero-order valence-corrected chi connectivity index (χ0v) is 17.7. The van der Waals surface area contributed by atoms with Gasteiger partial charge in [0.05, 0.1) is 16.8 Å². The molecular formula is C23H22FN5O3. The van der Waals surface area contributed by atoms with Crippen LogP contribution < -0.4 is 10.6 Å². The summed E-state index contributed by atoms with van der Waals surface area (Å²) in [7, 11) is 0. The molecule has 164 valence electrons. The first kappa shape index (κ1) is 21.4. The third kappa shape index (κ3) is 3.77. The first-order chi connectivity index (χ1) is 15.3. The zero-order valence-electron chi connectivity index (χ0n) is 17.7. The molecule has 32 heavy (non-hydrogen) atoms. The van der Waals surface area contributed by atoms with E-state index in [2.05, 4.69) is 20.9 Å². The Labute approximate surface area is 183 Å². The summed E-state index contributed by atoms with van der Waals surface area (Å²) in [5.41, 5.74) is 1.82. The Morgan fingerprint density at radius 1 is 1.16 bits per heavy atom. The number of amides is 3. The molecule has 1 fully saturated rings. The van der Waals surface area contributed by atoms with Crippen molar-refractivity contribution in [3.8, 4) is 5.69 Å². The van der Waals surface area contributed by atoms with Gasteiger partial charge in [-0.3, -0.25) is 19.7 Å². The maximum atomic E-state index is 13.2. The lowest BCUT2D eigenvalue weighted by Gasteiger charge is -2.35. The van der Waals surface area contributed by atoms with Crippen LogP contribution in [0.2, 0.25) is 0 Å². The molecule has 0 bridgehead atoms. The molecular weight excluding hydrogens is 413 g/mol. The van der Waals surface area contributed by atoms with Crippen LogP contribution in [0.3, 0.4) is 0 Å². The minimum absolute atomic E-state index is 0.147. The van der Waals surface area contributed by atoms with Crippen molar-refractivity contribution >= 4 is 23.4 Å². The van der Waals surface area contributed by atoms with E-state index in [1.165, 1.54) is 16.8 Å². The Bertz CT molecular complexity index is 1190. The minimum Gasteiger partial charge on any atom is -0.321 e. The monoisotopic (exact) mass is 435 g/mol. The Kier molecular flexibility index (Phi) is 5.56. The van der Waals surface area contributed by atoms with Crippen molar-refractivity contribution in [1.82, 2.24) is 20.3 Å². The fourth-order valence-corrected chi connectivity index (χ4v) is 4.00. The second-order valence-corrected chi connectivity index (χ2v) is 7.76. The van der Waals surface area contributed by atoms with Gasteiger partial charge in [0.15, 0.2) is 5.69 Å². The third-order valence-corrected chi connectivity index (χ3v) is 5.95. The molecule has 1 atom stereocenters. The van der Waals surface area contributed by atoms with Gasteiger partial charge in [0.2, 0.25) is 11.8 Å². The van der Waals surface area contributed by atoms with Crippen molar-refractivity contribution in [2.75, 3.05) is 5.32 Å². The summed E-state index contributed by atoms with van der Waals surface area (Å²) in [5.74, 6) is -1.35. The molecule has 2 N–H and O–H groups in total. The number of nitrogens with zero attached hydrogens (tertiary/aromatic N) is 3. The molecule has 8 nitrogen and oxygen atoms in total. The van der Waals surface area contributed by atoms with E-state index in [1.54, 1.807) is 43.3 Å². The van der Waals surface area contributed by atoms with Gasteiger partial charge in [0.1, 0.15) is 5.82 Å². The van der Waals surface area contributed by atoms with Crippen LogP contribution in [0.5, 0.6) is 0 Å². The Morgan fingerprint density at radius 3 is 2.47 bits per heavy atom. The molecule has 1 aliphatic heterocycles. The normalized spacial score (nSPS) is 18.3. The van der Waals surface area contributed by atoms with Crippen LogP contribution in [-0.4, -0.2) is 32.7 Å². The standard InChI is InChI=1S/C23H22FN5O3/c1-3-23(13-12-19(30)26-22(23)32)15-4-8-17(9-5-15)25-21(31)20-14(2)29(28-27-20)18-10-6-16(24)7-11-18/h4-11H,3,12-13H2,1-2H3,(H,25,31)(H,26,30,32). The fourth-order valence-electron chi connectivity index (χ4n) is 4.00. The van der Waals surface area contributed by atoms with Crippen molar-refractivity contribution < 1.29 is 18.8 Å². The number of imide groups is 1. The van der Waals surface area contributed by atoms with Crippen molar-refractivity contribution in [2.24, 2.45) is 0 Å². The lowest BCUT2D eigenvalue weighted by atomic mass is 9.72. The molecule has 0 saturated carbocycles. The Morgan fingerprint density at radius 2 is 1.84 bits per heavy atom. The molecule has 2 heterocycles. The molecule has 3 amide bonds. The van der Waals surface area contributed by atoms with Gasteiger partial charge in [0, 0.05) is 12.1 Å². The number of nitrogens with one attached hydrogen (secondary N) is 2. The number of anilines is 1. The highest BCUT2D eigenvalue weighted by Gasteiger charge is 2.42. The summed E-state index contributed by atoms with van der Waals surface area (Å²) in [6.45, 7) is 3.62. The van der Waals surface area contributed by atoms with Crippen molar-refractivity contribution in [3.63, 3.8) is 0 Å². The molecule has 4 rings (SSSR count). The summed E-state index contributed by atoms with van der Waals surface area (Å²) in [6.07, 6.45) is 1.30. The number of aromatic nitrogens is 3. The SMILES string of the molecule is CCC1(c2ccc(NC(=O)c3nnn(-c4ccc(F)cc4)c3C)cc2)CCC(=O)NC1=O. The highest BCUT2D eigenvalue weighted by molar-refractivity contribution is 6.04. The van der Waals surface area contributed by atoms with Gasteiger partial charge in [-0.2, -0.15) is 0 Å². The number of carbonyl (C=O) groups excluding carboxylic acids is 3. The zero-order chi connectivity index (χ0) is 22.9. The summed E-state index contributed by atoms with van der Waals surface area (Å²) < 4.78 is 14.6. The van der Waals surface area contributed by atoms with Crippen LogP contribution in [0.25, 0.3) is 5.69 Å². The largest absolute Gasteiger partial charge is 0.321 e. The topological polar surface area (TPSA) is 106 Å². The van der Waals surface area contributed by atoms with E-state index in [4.69, 9.17) is 0 Å². The second kappa shape index (κ2) is 8.33. The van der Waals surface area contributed by atoms with E-state index in [9.17, 15) is 18.8 Å². The number of benzene rings is 2. The number of piperidine rings is 1. The van der Waals surface area contributed by atoms with Crippen LogP contribution in [-0.2, 0) is 15.0 Å². The number of hydrogen-bond acceptors (Lipinski definition) is 5. The van der Waals surface area contributed by atoms with E-state index in [1.807, 2.05) is 6.92 Å². The van der Waals surface area contributed by atoms with Crippen molar-refractivity contribution in [3.05, 3.63) is 71.3 Å². The highest BCUT2D eigenvalue weighted by Crippen LogP contribution is 2.36. The molecule has 0 aliphatic carbocycles. The Hall–Kier alpha value is -3.88. The number of hydrogen-bond donors (Lipinski definition) is 2. The maximum Gasteiger partial charge on any atom is 0.278 e. The number of rotatable bonds is 5. The van der Waals surface area contributed by atoms with Crippen LogP contribution in [0.4, 0.5) is 10.1 Å². The summed E-state index contributed by atoms with van der Waals surface area (Å²) in [6, 6.07) is 12.7.